The number of benzene rings is 1. The number of hydrogen-bond donors (Lipinski definition) is 2. The molecule has 0 amide bonds. The lowest BCUT2D eigenvalue weighted by molar-refractivity contribution is 0.218. The lowest BCUT2D eigenvalue weighted by atomic mass is 10.1. The SMILES string of the molecule is C[C@H]1Oc2nc(cnc2N)-c2c(nn(C)c2C#N)NC2C=CC=CN2c2ccc(F)cc21. The molecule has 4 heterocycles. The van der Waals surface area contributed by atoms with Gasteiger partial charge in [-0.15, -0.1) is 0 Å². The molecule has 0 saturated heterocycles. The van der Waals surface area contributed by atoms with E-state index in [0.717, 1.165) is 5.69 Å². The van der Waals surface area contributed by atoms with Crippen molar-refractivity contribution in [3.8, 4) is 23.2 Å². The third-order valence-electron chi connectivity index (χ3n) is 5.41. The van der Waals surface area contributed by atoms with E-state index in [1.54, 1.807) is 20.0 Å². The summed E-state index contributed by atoms with van der Waals surface area (Å²) in [5.74, 6) is 0.244. The van der Waals surface area contributed by atoms with Crippen molar-refractivity contribution in [1.29, 1.82) is 5.26 Å². The molecule has 0 fully saturated rings. The van der Waals surface area contributed by atoms with Gasteiger partial charge < -0.3 is 20.7 Å². The first kappa shape index (κ1) is 19.6. The maximum absolute atomic E-state index is 14.2. The van der Waals surface area contributed by atoms with E-state index in [9.17, 15) is 9.65 Å². The van der Waals surface area contributed by atoms with Crippen LogP contribution >= 0.6 is 0 Å². The minimum atomic E-state index is -0.587. The number of nitriles is 1. The molecule has 3 aromatic rings. The van der Waals surface area contributed by atoms with E-state index in [0.29, 0.717) is 28.3 Å². The van der Waals surface area contributed by atoms with Gasteiger partial charge in [-0.05, 0) is 37.3 Å². The third kappa shape index (κ3) is 3.11. The van der Waals surface area contributed by atoms with Gasteiger partial charge in [0.15, 0.2) is 11.6 Å². The van der Waals surface area contributed by atoms with E-state index in [1.807, 2.05) is 29.3 Å². The van der Waals surface area contributed by atoms with Gasteiger partial charge in [0.1, 0.15) is 29.9 Å². The molecule has 32 heavy (non-hydrogen) atoms. The Labute approximate surface area is 183 Å². The topological polar surface area (TPSA) is 118 Å². The zero-order chi connectivity index (χ0) is 22.4. The lowest BCUT2D eigenvalue weighted by Crippen LogP contribution is -2.38. The zero-order valence-corrected chi connectivity index (χ0v) is 17.3. The molecule has 2 aliphatic heterocycles. The number of anilines is 3. The second-order valence-corrected chi connectivity index (χ2v) is 7.44. The van der Waals surface area contributed by atoms with Gasteiger partial charge in [-0.3, -0.25) is 4.68 Å². The molecule has 2 aromatic heterocycles. The van der Waals surface area contributed by atoms with E-state index in [4.69, 9.17) is 10.5 Å². The van der Waals surface area contributed by atoms with Crippen molar-refractivity contribution in [1.82, 2.24) is 19.7 Å². The van der Waals surface area contributed by atoms with Gasteiger partial charge >= 0.3 is 0 Å². The molecular weight excluding hydrogens is 411 g/mol. The van der Waals surface area contributed by atoms with E-state index in [2.05, 4.69) is 26.5 Å². The number of ether oxygens (including phenoxy) is 1. The highest BCUT2D eigenvalue weighted by molar-refractivity contribution is 5.79. The number of fused-ring (bicyclic) bond motifs is 7. The fourth-order valence-electron chi connectivity index (χ4n) is 3.89. The number of nitrogens with two attached hydrogens (primary N) is 1. The smallest absolute Gasteiger partial charge is 0.258 e. The molecule has 1 aromatic carbocycles. The van der Waals surface area contributed by atoms with Gasteiger partial charge in [-0.2, -0.15) is 10.4 Å². The van der Waals surface area contributed by atoms with Crippen LogP contribution < -0.4 is 20.7 Å². The predicted molar refractivity (Wildman–Crippen MR) is 117 cm³/mol. The number of nitrogen functional groups attached to an aromatic ring is 1. The van der Waals surface area contributed by atoms with E-state index in [-0.39, 0.29) is 23.7 Å². The van der Waals surface area contributed by atoms with Gasteiger partial charge in [0, 0.05) is 24.5 Å². The summed E-state index contributed by atoms with van der Waals surface area (Å²) in [7, 11) is 1.68. The second kappa shape index (κ2) is 7.39. The minimum Gasteiger partial charge on any atom is -0.467 e. The number of hydrogen-bond acceptors (Lipinski definition) is 8. The summed E-state index contributed by atoms with van der Waals surface area (Å²) in [5.41, 5.74) is 8.56. The van der Waals surface area contributed by atoms with Gasteiger partial charge in [0.2, 0.25) is 0 Å². The van der Waals surface area contributed by atoms with Crippen LogP contribution in [0.15, 0.2) is 48.8 Å². The Morgan fingerprint density at radius 3 is 2.97 bits per heavy atom. The average Bonchev–Trinajstić information content (AvgIpc) is 3.09. The molecule has 160 valence electrons. The van der Waals surface area contributed by atoms with Crippen molar-refractivity contribution in [3.63, 3.8) is 0 Å². The third-order valence-corrected chi connectivity index (χ3v) is 5.41. The van der Waals surface area contributed by atoms with Crippen molar-refractivity contribution in [3.05, 3.63) is 65.9 Å². The molecule has 0 aliphatic carbocycles. The monoisotopic (exact) mass is 430 g/mol. The van der Waals surface area contributed by atoms with Crippen LogP contribution in [0.4, 0.5) is 21.7 Å². The molecule has 2 aliphatic rings. The van der Waals surface area contributed by atoms with E-state index >= 15 is 0 Å². The molecule has 0 spiro atoms. The highest BCUT2D eigenvalue weighted by Gasteiger charge is 2.28. The van der Waals surface area contributed by atoms with E-state index in [1.165, 1.54) is 23.0 Å². The first-order chi connectivity index (χ1) is 15.5. The molecule has 0 radical (unpaired) electrons. The van der Waals surface area contributed by atoms with Gasteiger partial charge in [0.25, 0.3) is 5.88 Å². The molecule has 3 N–H and O–H groups in total. The standard InChI is InChI=1S/C22H19FN8O/c1-12-14-9-13(23)6-7-16(14)31-8-4-3-5-18(31)28-21-19(17(10-24)30(2)29-21)15-11-26-20(25)22(27-15)32-12/h3-9,11-12,18H,1-2H3,(H2,25,26)(H,28,29)/t12-,18?/m1/s1. The van der Waals surface area contributed by atoms with Crippen LogP contribution in [0.2, 0.25) is 0 Å². The van der Waals surface area contributed by atoms with Crippen LogP contribution in [-0.2, 0) is 7.05 Å². The first-order valence-electron chi connectivity index (χ1n) is 9.92. The van der Waals surface area contributed by atoms with Crippen molar-refractivity contribution < 1.29 is 9.13 Å². The summed E-state index contributed by atoms with van der Waals surface area (Å²) in [6.45, 7) is 1.79. The summed E-state index contributed by atoms with van der Waals surface area (Å²) in [6, 6.07) is 6.70. The molecule has 9 nitrogen and oxygen atoms in total. The number of aryl methyl sites for hydroxylation is 1. The molecular formula is C22H19FN8O. The molecule has 10 heteroatoms. The number of allylic oxidation sites excluding steroid dienone is 2. The number of rotatable bonds is 0. The highest BCUT2D eigenvalue weighted by Crippen LogP contribution is 2.37. The maximum atomic E-state index is 14.2. The second-order valence-electron chi connectivity index (χ2n) is 7.44. The molecule has 2 bridgehead atoms. The highest BCUT2D eigenvalue weighted by atomic mass is 19.1. The van der Waals surface area contributed by atoms with Crippen LogP contribution in [0.5, 0.6) is 5.88 Å². The summed E-state index contributed by atoms with van der Waals surface area (Å²) in [5, 5.41) is 17.6. The maximum Gasteiger partial charge on any atom is 0.258 e. The Morgan fingerprint density at radius 2 is 2.16 bits per heavy atom. The first-order valence-corrected chi connectivity index (χ1v) is 9.92. The van der Waals surface area contributed by atoms with Gasteiger partial charge in [0.05, 0.1) is 17.5 Å². The Kier molecular flexibility index (Phi) is 4.52. The fraction of sp³-hybridized carbons (Fsp3) is 0.182. The van der Waals surface area contributed by atoms with Crippen molar-refractivity contribution in [2.45, 2.75) is 19.2 Å². The van der Waals surface area contributed by atoms with Crippen LogP contribution in [-0.4, -0.2) is 25.9 Å². The number of nitrogens with one attached hydrogen (secondary N) is 1. The summed E-state index contributed by atoms with van der Waals surface area (Å²) in [4.78, 5) is 10.7. The summed E-state index contributed by atoms with van der Waals surface area (Å²) >= 11 is 0. The normalized spacial score (nSPS) is 18.8. The van der Waals surface area contributed by atoms with Gasteiger partial charge in [-0.25, -0.2) is 14.4 Å². The number of nitrogens with zero attached hydrogens (tertiary/aromatic N) is 6. The van der Waals surface area contributed by atoms with Crippen LogP contribution in [0, 0.1) is 17.1 Å². The molecule has 0 saturated carbocycles. The van der Waals surface area contributed by atoms with Crippen molar-refractivity contribution >= 4 is 17.3 Å². The van der Waals surface area contributed by atoms with Crippen molar-refractivity contribution in [2.75, 3.05) is 16.0 Å². The fourth-order valence-corrected chi connectivity index (χ4v) is 3.89. The summed E-state index contributed by atoms with van der Waals surface area (Å²) in [6.07, 6.45) is 8.13. The van der Waals surface area contributed by atoms with Crippen LogP contribution in [0.3, 0.4) is 0 Å². The predicted octanol–water partition coefficient (Wildman–Crippen LogP) is 3.25. The molecule has 1 unspecified atom stereocenters. The van der Waals surface area contributed by atoms with E-state index < -0.39 is 6.10 Å². The quantitative estimate of drug-likeness (QED) is 0.558. The summed E-state index contributed by atoms with van der Waals surface area (Å²) < 4.78 is 21.7. The van der Waals surface area contributed by atoms with Crippen molar-refractivity contribution in [2.24, 2.45) is 7.05 Å². The number of aromatic nitrogens is 4. The molecule has 2 atom stereocenters. The average molecular weight is 430 g/mol. The van der Waals surface area contributed by atoms with Crippen LogP contribution in [0.25, 0.3) is 11.3 Å². The lowest BCUT2D eigenvalue weighted by Gasteiger charge is -2.34. The Morgan fingerprint density at radius 1 is 1.31 bits per heavy atom. The Bertz CT molecular complexity index is 1320. The van der Waals surface area contributed by atoms with Crippen LogP contribution in [0.1, 0.15) is 24.3 Å². The minimum absolute atomic E-state index is 0.0891. The zero-order valence-electron chi connectivity index (χ0n) is 17.3. The Balaban J connectivity index is 1.78. The number of halogens is 1. The Hall–Kier alpha value is -4.39. The largest absolute Gasteiger partial charge is 0.467 e. The molecule has 5 rings (SSSR count). The van der Waals surface area contributed by atoms with Gasteiger partial charge in [-0.1, -0.05) is 6.08 Å².